The summed E-state index contributed by atoms with van der Waals surface area (Å²) < 4.78 is 7.20. The van der Waals surface area contributed by atoms with Crippen molar-refractivity contribution >= 4 is 16.7 Å². The number of nitrogens with one attached hydrogen (secondary N) is 1. The van der Waals surface area contributed by atoms with Gasteiger partial charge in [0.15, 0.2) is 0 Å². The minimum Gasteiger partial charge on any atom is -0.496 e. The second-order valence-corrected chi connectivity index (χ2v) is 7.62. The third-order valence-corrected chi connectivity index (χ3v) is 5.71. The summed E-state index contributed by atoms with van der Waals surface area (Å²) in [6, 6.07) is 12.2. The van der Waals surface area contributed by atoms with Gasteiger partial charge in [0.2, 0.25) is 0 Å². The summed E-state index contributed by atoms with van der Waals surface area (Å²) in [4.78, 5) is 11.0. The van der Waals surface area contributed by atoms with Gasteiger partial charge in [0.1, 0.15) is 5.75 Å². The van der Waals surface area contributed by atoms with E-state index in [1.54, 1.807) is 11.8 Å². The van der Waals surface area contributed by atoms with E-state index in [0.29, 0.717) is 19.5 Å². The van der Waals surface area contributed by atoms with Gasteiger partial charge in [-0.2, -0.15) is 5.10 Å². The third kappa shape index (κ3) is 4.11. The fourth-order valence-electron chi connectivity index (χ4n) is 4.25. The zero-order chi connectivity index (χ0) is 20.4. The van der Waals surface area contributed by atoms with Gasteiger partial charge in [0.25, 0.3) is 0 Å². The second kappa shape index (κ2) is 8.23. The predicted octanol–water partition coefficient (Wildman–Crippen LogP) is 2.67. The Labute approximate surface area is 168 Å². The topological polar surface area (TPSA) is 96.6 Å². The molecule has 1 saturated carbocycles. The number of fused-ring (bicyclic) bond motifs is 1. The Morgan fingerprint density at radius 1 is 1.28 bits per heavy atom. The van der Waals surface area contributed by atoms with Gasteiger partial charge in [-0.15, -0.1) is 0 Å². The molecule has 0 aliphatic heterocycles. The molecule has 1 aromatic heterocycles. The predicted molar refractivity (Wildman–Crippen MR) is 109 cm³/mol. The quantitative estimate of drug-likeness (QED) is 0.569. The number of benzene rings is 2. The monoisotopic (exact) mass is 395 g/mol. The first-order valence-corrected chi connectivity index (χ1v) is 9.77. The van der Waals surface area contributed by atoms with Gasteiger partial charge in [0.05, 0.1) is 25.0 Å². The SMILES string of the molecule is COc1ccc2ccccc2c1CN[C@@H]1CC(Cn2cc(C(=O)O)cn2)C[C@H]1O. The number of ether oxygens (including phenoxy) is 1. The molecule has 1 unspecified atom stereocenters. The van der Waals surface area contributed by atoms with Crippen molar-refractivity contribution in [3.05, 3.63) is 59.9 Å². The van der Waals surface area contributed by atoms with E-state index in [4.69, 9.17) is 9.84 Å². The van der Waals surface area contributed by atoms with Crippen molar-refractivity contribution in [2.75, 3.05) is 7.11 Å². The number of carbonyl (C=O) groups is 1. The molecule has 1 aliphatic rings. The zero-order valence-corrected chi connectivity index (χ0v) is 16.3. The molecule has 152 valence electrons. The van der Waals surface area contributed by atoms with Crippen LogP contribution in [0.2, 0.25) is 0 Å². The van der Waals surface area contributed by atoms with Crippen LogP contribution in [0.3, 0.4) is 0 Å². The van der Waals surface area contributed by atoms with Crippen molar-refractivity contribution < 1.29 is 19.7 Å². The summed E-state index contributed by atoms with van der Waals surface area (Å²) in [5.74, 6) is 0.0859. The number of aliphatic hydroxyl groups excluding tert-OH is 1. The molecule has 7 nitrogen and oxygen atoms in total. The molecule has 0 saturated heterocycles. The number of hydrogen-bond donors (Lipinski definition) is 3. The summed E-state index contributed by atoms with van der Waals surface area (Å²) in [6.45, 7) is 1.20. The molecule has 29 heavy (non-hydrogen) atoms. The van der Waals surface area contributed by atoms with E-state index in [1.807, 2.05) is 24.3 Å². The molecule has 1 fully saturated rings. The second-order valence-electron chi connectivity index (χ2n) is 7.62. The highest BCUT2D eigenvalue weighted by Gasteiger charge is 2.33. The fourth-order valence-corrected chi connectivity index (χ4v) is 4.25. The molecule has 3 atom stereocenters. The third-order valence-electron chi connectivity index (χ3n) is 5.71. The van der Waals surface area contributed by atoms with Crippen LogP contribution in [-0.4, -0.2) is 45.2 Å². The molecule has 0 amide bonds. The molecule has 1 heterocycles. The number of rotatable bonds is 7. The van der Waals surface area contributed by atoms with Crippen molar-refractivity contribution in [1.82, 2.24) is 15.1 Å². The summed E-state index contributed by atoms with van der Waals surface area (Å²) in [7, 11) is 1.67. The van der Waals surface area contributed by atoms with Gasteiger partial charge in [-0.25, -0.2) is 4.79 Å². The minimum absolute atomic E-state index is 0.0295. The van der Waals surface area contributed by atoms with Crippen LogP contribution in [0.15, 0.2) is 48.8 Å². The summed E-state index contributed by atoms with van der Waals surface area (Å²) in [6.07, 6.45) is 3.91. The number of nitrogens with zero attached hydrogens (tertiary/aromatic N) is 2. The van der Waals surface area contributed by atoms with E-state index in [1.165, 1.54) is 12.4 Å². The maximum absolute atomic E-state index is 11.0. The molecule has 3 N–H and O–H groups in total. The van der Waals surface area contributed by atoms with E-state index in [-0.39, 0.29) is 17.5 Å². The number of aliphatic hydroxyl groups is 1. The zero-order valence-electron chi connectivity index (χ0n) is 16.3. The van der Waals surface area contributed by atoms with E-state index >= 15 is 0 Å². The highest BCUT2D eigenvalue weighted by atomic mass is 16.5. The lowest BCUT2D eigenvalue weighted by Crippen LogP contribution is -2.35. The highest BCUT2D eigenvalue weighted by molar-refractivity contribution is 5.88. The van der Waals surface area contributed by atoms with E-state index in [2.05, 4.69) is 22.5 Å². The first kappa shape index (κ1) is 19.4. The largest absolute Gasteiger partial charge is 0.496 e. The molecule has 1 aliphatic carbocycles. The summed E-state index contributed by atoms with van der Waals surface area (Å²) >= 11 is 0. The molecule has 2 aromatic carbocycles. The first-order valence-electron chi connectivity index (χ1n) is 9.77. The Hall–Kier alpha value is -2.90. The van der Waals surface area contributed by atoms with Gasteiger partial charge >= 0.3 is 5.97 Å². The number of methoxy groups -OCH3 is 1. The molecule has 3 aromatic rings. The fraction of sp³-hybridized carbons (Fsp3) is 0.364. The summed E-state index contributed by atoms with van der Waals surface area (Å²) in [5, 5.41) is 29.5. The normalized spacial score (nSPS) is 21.5. The maximum atomic E-state index is 11.0. The van der Waals surface area contributed by atoms with Gasteiger partial charge in [-0.3, -0.25) is 4.68 Å². The Kier molecular flexibility index (Phi) is 5.51. The van der Waals surface area contributed by atoms with E-state index in [9.17, 15) is 9.90 Å². The van der Waals surface area contributed by atoms with Gasteiger partial charge in [0, 0.05) is 30.9 Å². The van der Waals surface area contributed by atoms with E-state index in [0.717, 1.165) is 28.5 Å². The molecular formula is C22H25N3O4. The Bertz CT molecular complexity index is 1020. The molecule has 0 radical (unpaired) electrons. The highest BCUT2D eigenvalue weighted by Crippen LogP contribution is 2.31. The van der Waals surface area contributed by atoms with Crippen LogP contribution < -0.4 is 10.1 Å². The maximum Gasteiger partial charge on any atom is 0.338 e. The van der Waals surface area contributed by atoms with Crippen LogP contribution in [0.25, 0.3) is 10.8 Å². The Morgan fingerprint density at radius 3 is 2.86 bits per heavy atom. The molecule has 4 rings (SSSR count). The number of carboxylic acids is 1. The van der Waals surface area contributed by atoms with Crippen molar-refractivity contribution in [1.29, 1.82) is 0 Å². The van der Waals surface area contributed by atoms with Crippen LogP contribution in [0.1, 0.15) is 28.8 Å². The van der Waals surface area contributed by atoms with Crippen LogP contribution in [0.4, 0.5) is 0 Å². The van der Waals surface area contributed by atoms with Crippen molar-refractivity contribution in [2.24, 2.45) is 5.92 Å². The summed E-state index contributed by atoms with van der Waals surface area (Å²) in [5.41, 5.74) is 1.26. The lowest BCUT2D eigenvalue weighted by atomic mass is 10.0. The van der Waals surface area contributed by atoms with Crippen molar-refractivity contribution in [3.8, 4) is 5.75 Å². The molecule has 7 heteroatoms. The smallest absolute Gasteiger partial charge is 0.338 e. The van der Waals surface area contributed by atoms with Crippen LogP contribution >= 0.6 is 0 Å². The molecular weight excluding hydrogens is 370 g/mol. The molecule has 0 bridgehead atoms. The van der Waals surface area contributed by atoms with Crippen LogP contribution in [-0.2, 0) is 13.1 Å². The average Bonchev–Trinajstić information content (AvgIpc) is 3.32. The Morgan fingerprint density at radius 2 is 2.10 bits per heavy atom. The van der Waals surface area contributed by atoms with Crippen molar-refractivity contribution in [2.45, 2.75) is 38.1 Å². The lowest BCUT2D eigenvalue weighted by molar-refractivity contribution is 0.0696. The Balaban J connectivity index is 1.43. The van der Waals surface area contributed by atoms with Gasteiger partial charge < -0.3 is 20.3 Å². The first-order chi connectivity index (χ1) is 14.0. The number of hydrogen-bond acceptors (Lipinski definition) is 5. The lowest BCUT2D eigenvalue weighted by Gasteiger charge is -2.19. The standard InChI is InChI=1S/C22H25N3O4/c1-29-21-7-6-15-4-2-3-5-17(15)18(21)11-23-19-8-14(9-20(19)26)12-25-13-16(10-24-25)22(27)28/h2-7,10,13-14,19-20,23,26H,8-9,11-12H2,1H3,(H,27,28)/t14?,19-,20-/m1/s1. The van der Waals surface area contributed by atoms with Crippen LogP contribution in [0.5, 0.6) is 5.75 Å². The number of carboxylic acid groups (broad SMARTS) is 1. The minimum atomic E-state index is -0.980. The average molecular weight is 395 g/mol. The van der Waals surface area contributed by atoms with Gasteiger partial charge in [-0.05, 0) is 35.6 Å². The number of aromatic nitrogens is 2. The molecule has 0 spiro atoms. The van der Waals surface area contributed by atoms with E-state index < -0.39 is 12.1 Å². The number of aromatic carboxylic acids is 1. The van der Waals surface area contributed by atoms with Crippen molar-refractivity contribution in [3.63, 3.8) is 0 Å². The van der Waals surface area contributed by atoms with Gasteiger partial charge in [-0.1, -0.05) is 30.3 Å². The van der Waals surface area contributed by atoms with Crippen LogP contribution in [0, 0.1) is 5.92 Å².